The van der Waals surface area contributed by atoms with Gasteiger partial charge >= 0.3 is 0 Å². The molecular weight excluding hydrogens is 392 g/mol. The summed E-state index contributed by atoms with van der Waals surface area (Å²) in [6.45, 7) is 6.78. The molecule has 0 bridgehead atoms. The topological polar surface area (TPSA) is 68.6 Å². The van der Waals surface area contributed by atoms with Crippen molar-refractivity contribution in [2.45, 2.75) is 39.0 Å². The maximum absolute atomic E-state index is 12.1. The van der Waals surface area contributed by atoms with E-state index in [1.807, 2.05) is 10.9 Å². The lowest BCUT2D eigenvalue weighted by atomic mass is 10.1. The molecule has 0 saturated carbocycles. The molecule has 1 amide bonds. The third-order valence-electron chi connectivity index (χ3n) is 5.03. The molecule has 3 rings (SSSR count). The summed E-state index contributed by atoms with van der Waals surface area (Å²) < 4.78 is 13.0. The standard InChI is InChI=1S/C21H29ClN4O3/c1-3-26-15-16(13-24-26)14-25-9-6-18(7-10-25)29-20-5-4-17(12-19(20)22)21(27)23-8-11-28-2/h4-5,12-13,15,18H,3,6-11,14H2,1-2H3,(H,23,27). The largest absolute Gasteiger partial charge is 0.489 e. The zero-order valence-electron chi connectivity index (χ0n) is 17.1. The molecule has 29 heavy (non-hydrogen) atoms. The molecule has 0 aliphatic carbocycles. The van der Waals surface area contributed by atoms with Crippen molar-refractivity contribution in [2.24, 2.45) is 0 Å². The molecule has 158 valence electrons. The molecule has 0 spiro atoms. The minimum absolute atomic E-state index is 0.128. The molecule has 1 aliphatic heterocycles. The lowest BCUT2D eigenvalue weighted by Crippen LogP contribution is -2.37. The zero-order chi connectivity index (χ0) is 20.6. The van der Waals surface area contributed by atoms with Gasteiger partial charge in [-0.05, 0) is 38.0 Å². The molecule has 1 fully saturated rings. The first-order chi connectivity index (χ1) is 14.1. The third kappa shape index (κ3) is 6.19. The first-order valence-corrected chi connectivity index (χ1v) is 10.4. The number of nitrogens with zero attached hydrogens (tertiary/aromatic N) is 3. The van der Waals surface area contributed by atoms with Crippen LogP contribution in [0.3, 0.4) is 0 Å². The number of rotatable bonds is 9. The Labute approximate surface area is 176 Å². The van der Waals surface area contributed by atoms with Crippen LogP contribution in [0.25, 0.3) is 0 Å². The maximum Gasteiger partial charge on any atom is 0.251 e. The molecule has 0 unspecified atom stereocenters. The Balaban J connectivity index is 1.47. The van der Waals surface area contributed by atoms with Gasteiger partial charge in [-0.3, -0.25) is 14.4 Å². The van der Waals surface area contributed by atoms with Crippen LogP contribution >= 0.6 is 11.6 Å². The summed E-state index contributed by atoms with van der Waals surface area (Å²) in [7, 11) is 1.60. The molecule has 2 aromatic rings. The van der Waals surface area contributed by atoms with E-state index in [4.69, 9.17) is 21.1 Å². The van der Waals surface area contributed by atoms with E-state index in [9.17, 15) is 4.79 Å². The van der Waals surface area contributed by atoms with Crippen LogP contribution in [0, 0.1) is 0 Å². The highest BCUT2D eigenvalue weighted by Gasteiger charge is 2.22. The summed E-state index contributed by atoms with van der Waals surface area (Å²) in [5, 5.41) is 7.58. The van der Waals surface area contributed by atoms with Crippen LogP contribution in [0.5, 0.6) is 5.75 Å². The van der Waals surface area contributed by atoms with Gasteiger partial charge in [-0.15, -0.1) is 0 Å². The molecule has 1 aromatic heterocycles. The number of aromatic nitrogens is 2. The molecule has 2 heterocycles. The minimum Gasteiger partial charge on any atom is -0.489 e. The summed E-state index contributed by atoms with van der Waals surface area (Å²) in [6.07, 6.45) is 6.06. The highest BCUT2D eigenvalue weighted by atomic mass is 35.5. The predicted molar refractivity (Wildman–Crippen MR) is 112 cm³/mol. The van der Waals surface area contributed by atoms with Crippen molar-refractivity contribution in [3.8, 4) is 5.75 Å². The second kappa shape index (κ2) is 10.6. The van der Waals surface area contributed by atoms with E-state index in [0.717, 1.165) is 39.0 Å². The van der Waals surface area contributed by atoms with Gasteiger partial charge in [-0.1, -0.05) is 11.6 Å². The predicted octanol–water partition coefficient (Wildman–Crippen LogP) is 2.98. The molecule has 8 heteroatoms. The van der Waals surface area contributed by atoms with Crippen LogP contribution in [0.4, 0.5) is 0 Å². The van der Waals surface area contributed by atoms with Crippen LogP contribution in [-0.4, -0.2) is 60.0 Å². The van der Waals surface area contributed by atoms with Gasteiger partial charge in [0.25, 0.3) is 5.91 Å². The van der Waals surface area contributed by atoms with Gasteiger partial charge in [0.2, 0.25) is 0 Å². The maximum atomic E-state index is 12.1. The van der Waals surface area contributed by atoms with Crippen LogP contribution < -0.4 is 10.1 Å². The fourth-order valence-electron chi connectivity index (χ4n) is 3.39. The Bertz CT molecular complexity index is 803. The van der Waals surface area contributed by atoms with E-state index in [1.54, 1.807) is 25.3 Å². The summed E-state index contributed by atoms with van der Waals surface area (Å²) >= 11 is 6.36. The second-order valence-electron chi connectivity index (χ2n) is 7.19. The SMILES string of the molecule is CCn1cc(CN2CCC(Oc3ccc(C(=O)NCCOC)cc3Cl)CC2)cn1. The van der Waals surface area contributed by atoms with Crippen molar-refractivity contribution >= 4 is 17.5 Å². The number of nitrogens with one attached hydrogen (secondary N) is 1. The normalized spacial score (nSPS) is 15.4. The highest BCUT2D eigenvalue weighted by molar-refractivity contribution is 6.32. The van der Waals surface area contributed by atoms with Crippen LogP contribution in [0.2, 0.25) is 5.02 Å². The molecular formula is C21H29ClN4O3. The Kier molecular flexibility index (Phi) is 7.91. The van der Waals surface area contributed by atoms with Crippen molar-refractivity contribution in [1.82, 2.24) is 20.0 Å². The molecule has 0 radical (unpaired) electrons. The van der Waals surface area contributed by atoms with Gasteiger partial charge in [0, 0.05) is 57.2 Å². The van der Waals surface area contributed by atoms with Gasteiger partial charge in [-0.2, -0.15) is 5.10 Å². The number of amides is 1. The molecule has 1 aromatic carbocycles. The lowest BCUT2D eigenvalue weighted by molar-refractivity contribution is 0.0935. The van der Waals surface area contributed by atoms with Crippen molar-refractivity contribution in [3.63, 3.8) is 0 Å². The Morgan fingerprint density at radius 1 is 1.34 bits per heavy atom. The Hall–Kier alpha value is -2.09. The zero-order valence-corrected chi connectivity index (χ0v) is 17.8. The molecule has 7 nitrogen and oxygen atoms in total. The number of benzene rings is 1. The van der Waals surface area contributed by atoms with Gasteiger partial charge in [-0.25, -0.2) is 0 Å². The van der Waals surface area contributed by atoms with E-state index in [1.165, 1.54) is 5.56 Å². The lowest BCUT2D eigenvalue weighted by Gasteiger charge is -2.32. The summed E-state index contributed by atoms with van der Waals surface area (Å²) in [4.78, 5) is 14.5. The number of piperidine rings is 1. The quantitative estimate of drug-likeness (QED) is 0.631. The number of aryl methyl sites for hydroxylation is 1. The first kappa shape index (κ1) is 21.6. The van der Waals surface area contributed by atoms with Crippen molar-refractivity contribution in [1.29, 1.82) is 0 Å². The van der Waals surface area contributed by atoms with Gasteiger partial charge < -0.3 is 14.8 Å². The number of halogens is 1. The number of likely N-dealkylation sites (tertiary alicyclic amines) is 1. The first-order valence-electron chi connectivity index (χ1n) is 10.1. The van der Waals surface area contributed by atoms with Crippen molar-refractivity contribution in [2.75, 3.05) is 33.4 Å². The van der Waals surface area contributed by atoms with E-state index in [2.05, 4.69) is 28.4 Å². The number of ether oxygens (including phenoxy) is 2. The van der Waals surface area contributed by atoms with Crippen molar-refractivity contribution < 1.29 is 14.3 Å². The van der Waals surface area contributed by atoms with Gasteiger partial charge in [0.05, 0.1) is 17.8 Å². The molecule has 1 aliphatic rings. The number of hydrogen-bond acceptors (Lipinski definition) is 5. The molecule has 1 saturated heterocycles. The van der Waals surface area contributed by atoms with Gasteiger partial charge in [0.1, 0.15) is 11.9 Å². The minimum atomic E-state index is -0.171. The smallest absolute Gasteiger partial charge is 0.251 e. The fraction of sp³-hybridized carbons (Fsp3) is 0.524. The monoisotopic (exact) mass is 420 g/mol. The number of carbonyl (C=O) groups excluding carboxylic acids is 1. The number of methoxy groups -OCH3 is 1. The summed E-state index contributed by atoms with van der Waals surface area (Å²) in [5.74, 6) is 0.456. The average molecular weight is 421 g/mol. The van der Waals surface area contributed by atoms with E-state index in [-0.39, 0.29) is 12.0 Å². The highest BCUT2D eigenvalue weighted by Crippen LogP contribution is 2.28. The summed E-state index contributed by atoms with van der Waals surface area (Å²) in [6, 6.07) is 5.17. The number of hydrogen-bond donors (Lipinski definition) is 1. The summed E-state index contributed by atoms with van der Waals surface area (Å²) in [5.41, 5.74) is 1.76. The molecule has 0 atom stereocenters. The second-order valence-corrected chi connectivity index (χ2v) is 7.60. The van der Waals surface area contributed by atoms with E-state index in [0.29, 0.717) is 29.5 Å². The third-order valence-corrected chi connectivity index (χ3v) is 5.33. The van der Waals surface area contributed by atoms with Crippen LogP contribution in [0.15, 0.2) is 30.6 Å². The van der Waals surface area contributed by atoms with Gasteiger partial charge in [0.15, 0.2) is 0 Å². The average Bonchev–Trinajstić information content (AvgIpc) is 3.18. The van der Waals surface area contributed by atoms with E-state index < -0.39 is 0 Å². The van der Waals surface area contributed by atoms with Crippen LogP contribution in [0.1, 0.15) is 35.7 Å². The Morgan fingerprint density at radius 2 is 2.14 bits per heavy atom. The van der Waals surface area contributed by atoms with Crippen molar-refractivity contribution in [3.05, 3.63) is 46.7 Å². The van der Waals surface area contributed by atoms with E-state index >= 15 is 0 Å². The molecule has 1 N–H and O–H groups in total. The number of carbonyl (C=O) groups is 1. The van der Waals surface area contributed by atoms with Crippen LogP contribution in [-0.2, 0) is 17.8 Å². The Morgan fingerprint density at radius 3 is 2.79 bits per heavy atom. The fourth-order valence-corrected chi connectivity index (χ4v) is 3.62.